The van der Waals surface area contributed by atoms with E-state index in [0.29, 0.717) is 11.6 Å². The lowest BCUT2D eigenvalue weighted by Crippen LogP contribution is -2.37. The van der Waals surface area contributed by atoms with Crippen molar-refractivity contribution in [2.75, 3.05) is 5.32 Å². The van der Waals surface area contributed by atoms with Gasteiger partial charge in [0.15, 0.2) is 5.60 Å². The molecular formula is C29H29N3O5. The molecule has 0 spiro atoms. The molecule has 190 valence electrons. The van der Waals surface area contributed by atoms with Crippen LogP contribution in [0.4, 0.5) is 10.6 Å². The van der Waals surface area contributed by atoms with Crippen LogP contribution in [0, 0.1) is 0 Å². The molecule has 3 aromatic carbocycles. The van der Waals surface area contributed by atoms with Gasteiger partial charge in [-0.3, -0.25) is 10.00 Å². The molecule has 8 nitrogen and oxygen atoms in total. The maximum Gasteiger partial charge on any atom is 0.413 e. The van der Waals surface area contributed by atoms with Crippen molar-refractivity contribution >= 4 is 17.9 Å². The van der Waals surface area contributed by atoms with Crippen LogP contribution in [0.25, 0.3) is 22.3 Å². The lowest BCUT2D eigenvalue weighted by molar-refractivity contribution is -0.152. The maximum atomic E-state index is 12.6. The van der Waals surface area contributed by atoms with Gasteiger partial charge in [-0.15, -0.1) is 0 Å². The summed E-state index contributed by atoms with van der Waals surface area (Å²) in [6.07, 6.45) is 0.733. The van der Waals surface area contributed by atoms with Gasteiger partial charge in [0.25, 0.3) is 0 Å². The Morgan fingerprint density at radius 1 is 0.919 bits per heavy atom. The molecule has 4 aromatic rings. The number of hydrogen-bond acceptors (Lipinski definition) is 5. The highest BCUT2D eigenvalue weighted by molar-refractivity contribution is 5.90. The number of carboxylic acids is 1. The average molecular weight is 500 g/mol. The number of carbonyl (C=O) groups is 2. The fourth-order valence-electron chi connectivity index (χ4n) is 3.77. The number of nitrogens with zero attached hydrogens (tertiary/aromatic N) is 2. The van der Waals surface area contributed by atoms with Crippen LogP contribution in [0.2, 0.25) is 0 Å². The van der Waals surface area contributed by atoms with E-state index in [1.807, 2.05) is 73.7 Å². The van der Waals surface area contributed by atoms with Gasteiger partial charge in [-0.25, -0.2) is 9.59 Å². The van der Waals surface area contributed by atoms with Crippen molar-refractivity contribution in [3.63, 3.8) is 0 Å². The number of aryl methyl sites for hydroxylation is 1. The van der Waals surface area contributed by atoms with Crippen molar-refractivity contribution in [2.45, 2.75) is 32.5 Å². The summed E-state index contributed by atoms with van der Waals surface area (Å²) in [6.45, 7) is 4.84. The molecule has 0 aliphatic rings. The highest BCUT2D eigenvalue weighted by Gasteiger charge is 2.29. The van der Waals surface area contributed by atoms with Gasteiger partial charge in [-0.1, -0.05) is 66.7 Å². The lowest BCUT2D eigenvalue weighted by Gasteiger charge is -2.21. The molecule has 0 bridgehead atoms. The average Bonchev–Trinajstić information content (AvgIpc) is 3.24. The number of nitrogens with one attached hydrogen (secondary N) is 1. The molecule has 0 aliphatic carbocycles. The second-order valence-corrected chi connectivity index (χ2v) is 9.13. The van der Waals surface area contributed by atoms with E-state index in [1.54, 1.807) is 30.1 Å². The molecule has 0 fully saturated rings. The molecule has 1 atom stereocenters. The number of amides is 1. The summed E-state index contributed by atoms with van der Waals surface area (Å²) in [5.41, 5.74) is 3.16. The second-order valence-electron chi connectivity index (χ2n) is 9.13. The van der Waals surface area contributed by atoms with E-state index in [4.69, 9.17) is 9.47 Å². The standard InChI is InChI=1S/C29H29N3O5/c1-19(20-8-6-5-7-9-20)36-28(35)31-26-25(18-30-32(26)4)23-12-10-21(11-13-23)22-14-16-24(17-15-22)37-29(2,3)27(33)34/h5-19H,1-4H3,(H,31,35)(H,33,34)/t19-/m1/s1. The number of aromatic nitrogens is 2. The molecule has 0 unspecified atom stereocenters. The Hall–Kier alpha value is -4.59. The predicted octanol–water partition coefficient (Wildman–Crippen LogP) is 6.31. The highest BCUT2D eigenvalue weighted by atomic mass is 16.6. The van der Waals surface area contributed by atoms with E-state index in [2.05, 4.69) is 10.4 Å². The number of hydrogen-bond donors (Lipinski definition) is 2. The van der Waals surface area contributed by atoms with Crippen LogP contribution >= 0.6 is 0 Å². The van der Waals surface area contributed by atoms with E-state index >= 15 is 0 Å². The lowest BCUT2D eigenvalue weighted by atomic mass is 10.0. The molecule has 0 aliphatic heterocycles. The third kappa shape index (κ3) is 5.98. The fraction of sp³-hybridized carbons (Fsp3) is 0.207. The summed E-state index contributed by atoms with van der Waals surface area (Å²) in [6, 6.07) is 24.6. The number of carbonyl (C=O) groups excluding carboxylic acids is 1. The number of ether oxygens (including phenoxy) is 2. The zero-order chi connectivity index (χ0) is 26.6. The molecular weight excluding hydrogens is 470 g/mol. The quantitative estimate of drug-likeness (QED) is 0.295. The normalized spacial score (nSPS) is 12.0. The number of benzene rings is 3. The fourth-order valence-corrected chi connectivity index (χ4v) is 3.77. The van der Waals surface area contributed by atoms with Crippen LogP contribution < -0.4 is 10.1 Å². The SMILES string of the molecule is C[C@@H](OC(=O)Nc1c(-c2ccc(-c3ccc(OC(C)(C)C(=O)O)cc3)cc2)cnn1C)c1ccccc1. The Balaban J connectivity index is 1.46. The first-order valence-corrected chi connectivity index (χ1v) is 11.8. The Morgan fingerprint density at radius 2 is 1.49 bits per heavy atom. The zero-order valence-electron chi connectivity index (χ0n) is 21.1. The van der Waals surface area contributed by atoms with Gasteiger partial charge in [0.05, 0.1) is 6.20 Å². The first-order valence-electron chi connectivity index (χ1n) is 11.8. The van der Waals surface area contributed by atoms with E-state index in [0.717, 1.165) is 27.8 Å². The third-order valence-electron chi connectivity index (χ3n) is 5.98. The van der Waals surface area contributed by atoms with Crippen molar-refractivity contribution in [1.82, 2.24) is 9.78 Å². The Labute approximate surface area is 215 Å². The van der Waals surface area contributed by atoms with Crippen LogP contribution in [0.5, 0.6) is 5.75 Å². The molecule has 37 heavy (non-hydrogen) atoms. The molecule has 0 saturated carbocycles. The number of anilines is 1. The molecule has 2 N–H and O–H groups in total. The largest absolute Gasteiger partial charge is 0.478 e. The summed E-state index contributed by atoms with van der Waals surface area (Å²) in [5.74, 6) is -0.0248. The van der Waals surface area contributed by atoms with Gasteiger partial charge in [0.2, 0.25) is 0 Å². The van der Waals surface area contributed by atoms with Crippen molar-refractivity contribution in [2.24, 2.45) is 7.05 Å². The van der Waals surface area contributed by atoms with Gasteiger partial charge in [-0.2, -0.15) is 5.10 Å². The molecule has 1 amide bonds. The minimum absolute atomic E-state index is 0.399. The van der Waals surface area contributed by atoms with Gasteiger partial charge >= 0.3 is 12.1 Å². The van der Waals surface area contributed by atoms with E-state index in [-0.39, 0.29) is 0 Å². The van der Waals surface area contributed by atoms with Gasteiger partial charge < -0.3 is 14.6 Å². The first kappa shape index (κ1) is 25.5. The first-order chi connectivity index (χ1) is 17.6. The van der Waals surface area contributed by atoms with Crippen LogP contribution in [0.1, 0.15) is 32.4 Å². The highest BCUT2D eigenvalue weighted by Crippen LogP contribution is 2.31. The number of rotatable bonds is 8. The van der Waals surface area contributed by atoms with E-state index in [1.165, 1.54) is 13.8 Å². The molecule has 0 saturated heterocycles. The number of carboxylic acid groups (broad SMARTS) is 1. The molecule has 8 heteroatoms. The molecule has 1 aromatic heterocycles. The molecule has 1 heterocycles. The second kappa shape index (κ2) is 10.6. The van der Waals surface area contributed by atoms with Crippen molar-refractivity contribution in [3.8, 4) is 28.0 Å². The minimum Gasteiger partial charge on any atom is -0.478 e. The summed E-state index contributed by atoms with van der Waals surface area (Å²) in [7, 11) is 1.75. The topological polar surface area (TPSA) is 103 Å². The summed E-state index contributed by atoms with van der Waals surface area (Å²) in [5, 5.41) is 16.4. The van der Waals surface area contributed by atoms with Crippen molar-refractivity contribution in [3.05, 3.63) is 90.6 Å². The van der Waals surface area contributed by atoms with Crippen LogP contribution in [-0.2, 0) is 16.6 Å². The van der Waals surface area contributed by atoms with E-state index in [9.17, 15) is 14.7 Å². The van der Waals surface area contributed by atoms with Crippen molar-refractivity contribution in [1.29, 1.82) is 0 Å². The van der Waals surface area contributed by atoms with Crippen LogP contribution in [-0.4, -0.2) is 32.6 Å². The van der Waals surface area contributed by atoms with Crippen molar-refractivity contribution < 1.29 is 24.2 Å². The molecule has 0 radical (unpaired) electrons. The van der Waals surface area contributed by atoms with Gasteiger partial charge in [-0.05, 0) is 55.2 Å². The summed E-state index contributed by atoms with van der Waals surface area (Å²) < 4.78 is 12.7. The third-order valence-corrected chi connectivity index (χ3v) is 5.98. The van der Waals surface area contributed by atoms with Crippen LogP contribution in [0.15, 0.2) is 85.1 Å². The van der Waals surface area contributed by atoms with E-state index < -0.39 is 23.8 Å². The minimum atomic E-state index is -1.31. The number of aliphatic carboxylic acids is 1. The Bertz CT molecular complexity index is 1380. The summed E-state index contributed by atoms with van der Waals surface area (Å²) >= 11 is 0. The predicted molar refractivity (Wildman–Crippen MR) is 141 cm³/mol. The summed E-state index contributed by atoms with van der Waals surface area (Å²) in [4.78, 5) is 23.9. The monoisotopic (exact) mass is 499 g/mol. The smallest absolute Gasteiger partial charge is 0.413 e. The van der Waals surface area contributed by atoms with Gasteiger partial charge in [0.1, 0.15) is 17.7 Å². The maximum absolute atomic E-state index is 12.6. The Kier molecular flexibility index (Phi) is 7.29. The van der Waals surface area contributed by atoms with Crippen LogP contribution in [0.3, 0.4) is 0 Å². The zero-order valence-corrected chi connectivity index (χ0v) is 21.1. The van der Waals surface area contributed by atoms with Gasteiger partial charge in [0, 0.05) is 12.6 Å². The molecule has 4 rings (SSSR count). The Morgan fingerprint density at radius 3 is 2.08 bits per heavy atom.